The number of anilines is 1. The van der Waals surface area contributed by atoms with Gasteiger partial charge in [-0.2, -0.15) is 4.37 Å². The third kappa shape index (κ3) is 2.51. The first-order valence-corrected chi connectivity index (χ1v) is 6.73. The Morgan fingerprint density at radius 2 is 2.16 bits per heavy atom. The van der Waals surface area contributed by atoms with Gasteiger partial charge in [-0.05, 0) is 31.8 Å². The first kappa shape index (κ1) is 13.7. The number of carbonyl (C=O) groups is 3. The molecule has 2 amide bonds. The van der Waals surface area contributed by atoms with E-state index in [1.165, 1.54) is 14.0 Å². The molecule has 0 aliphatic carbocycles. The Morgan fingerprint density at radius 1 is 1.47 bits per heavy atom. The van der Waals surface area contributed by atoms with Crippen LogP contribution < -0.4 is 5.32 Å². The Kier molecular flexibility index (Phi) is 3.66. The summed E-state index contributed by atoms with van der Waals surface area (Å²) in [6, 6.07) is -0.472. The lowest BCUT2D eigenvalue weighted by molar-refractivity contribution is -0.146. The molecule has 1 unspecified atom stereocenters. The minimum atomic E-state index is -0.472. The number of ketones is 1. The van der Waals surface area contributed by atoms with Crippen LogP contribution in [-0.2, 0) is 9.59 Å². The number of likely N-dealkylation sites (N-methyl/N-ethyl adjacent to an activating group) is 1. The van der Waals surface area contributed by atoms with E-state index in [0.717, 1.165) is 16.4 Å². The number of carbonyl (C=O) groups excluding carboxylic acids is 3. The fourth-order valence-electron chi connectivity index (χ4n) is 2.09. The molecule has 1 atom stereocenters. The van der Waals surface area contributed by atoms with E-state index in [1.54, 1.807) is 6.92 Å². The van der Waals surface area contributed by atoms with Crippen LogP contribution in [-0.4, -0.2) is 40.0 Å². The normalized spacial score (nSPS) is 19.7. The number of nitrogens with zero attached hydrogens (tertiary/aromatic N) is 2. The summed E-state index contributed by atoms with van der Waals surface area (Å²) >= 11 is 1.16. The van der Waals surface area contributed by atoms with Crippen LogP contribution in [0.2, 0.25) is 0 Å². The second-order valence-electron chi connectivity index (χ2n) is 4.55. The lowest BCUT2D eigenvalue weighted by Gasteiger charge is -2.28. The molecule has 1 saturated heterocycles. The van der Waals surface area contributed by atoms with Crippen LogP contribution in [0.1, 0.15) is 35.8 Å². The molecule has 19 heavy (non-hydrogen) atoms. The number of likely N-dealkylation sites (tertiary alicyclic amines) is 1. The van der Waals surface area contributed by atoms with E-state index in [1.807, 2.05) is 0 Å². The summed E-state index contributed by atoms with van der Waals surface area (Å²) in [6.45, 7) is 3.23. The molecule has 102 valence electrons. The van der Waals surface area contributed by atoms with Crippen molar-refractivity contribution in [3.8, 4) is 0 Å². The Morgan fingerprint density at radius 3 is 2.79 bits per heavy atom. The van der Waals surface area contributed by atoms with Gasteiger partial charge < -0.3 is 5.32 Å². The number of piperidine rings is 1. The van der Waals surface area contributed by atoms with Crippen molar-refractivity contribution in [1.82, 2.24) is 9.27 Å². The van der Waals surface area contributed by atoms with Crippen molar-refractivity contribution >= 4 is 34.1 Å². The van der Waals surface area contributed by atoms with E-state index in [2.05, 4.69) is 9.69 Å². The molecule has 0 spiro atoms. The van der Waals surface area contributed by atoms with Gasteiger partial charge in [0.1, 0.15) is 11.0 Å². The van der Waals surface area contributed by atoms with Crippen LogP contribution in [0.3, 0.4) is 0 Å². The molecule has 1 aliphatic rings. The number of imide groups is 1. The average Bonchev–Trinajstić information content (AvgIpc) is 2.71. The zero-order chi connectivity index (χ0) is 14.2. The number of nitrogens with one attached hydrogen (secondary N) is 1. The largest absolute Gasteiger partial charge is 0.363 e. The average molecular weight is 281 g/mol. The molecule has 0 radical (unpaired) electrons. The lowest BCUT2D eigenvalue weighted by Crippen LogP contribution is -2.48. The Hall–Kier alpha value is -1.76. The van der Waals surface area contributed by atoms with E-state index in [4.69, 9.17) is 0 Å². The molecule has 0 saturated carbocycles. The highest BCUT2D eigenvalue weighted by Crippen LogP contribution is 2.27. The molecule has 1 N–H and O–H groups in total. The van der Waals surface area contributed by atoms with E-state index >= 15 is 0 Å². The summed E-state index contributed by atoms with van der Waals surface area (Å²) < 4.78 is 4.13. The maximum absolute atomic E-state index is 12.0. The minimum Gasteiger partial charge on any atom is -0.363 e. The highest BCUT2D eigenvalue weighted by atomic mass is 32.1. The summed E-state index contributed by atoms with van der Waals surface area (Å²) in [5.74, 6) is -0.520. The van der Waals surface area contributed by atoms with Crippen LogP contribution >= 0.6 is 11.5 Å². The van der Waals surface area contributed by atoms with Gasteiger partial charge >= 0.3 is 0 Å². The van der Waals surface area contributed by atoms with Gasteiger partial charge in [0, 0.05) is 13.5 Å². The van der Waals surface area contributed by atoms with E-state index in [0.29, 0.717) is 29.1 Å². The quantitative estimate of drug-likeness (QED) is 0.665. The van der Waals surface area contributed by atoms with E-state index < -0.39 is 6.04 Å². The Bertz CT molecular complexity index is 552. The van der Waals surface area contributed by atoms with Gasteiger partial charge in [0.2, 0.25) is 5.91 Å². The number of aromatic nitrogens is 1. The van der Waals surface area contributed by atoms with E-state index in [-0.39, 0.29) is 17.6 Å². The third-order valence-corrected chi connectivity index (χ3v) is 4.04. The first-order chi connectivity index (χ1) is 8.91. The minimum absolute atomic E-state index is 0.0820. The summed E-state index contributed by atoms with van der Waals surface area (Å²) in [5, 5.41) is 3.65. The SMILES string of the molecule is CC(=O)c1c(C)nsc1NC1CCC(=O)N(C)C1=O. The second-order valence-corrected chi connectivity index (χ2v) is 5.33. The number of aryl methyl sites for hydroxylation is 1. The molecule has 2 rings (SSSR count). The van der Waals surface area contributed by atoms with Crippen molar-refractivity contribution in [1.29, 1.82) is 0 Å². The summed E-state index contributed by atoms with van der Waals surface area (Å²) in [4.78, 5) is 36.1. The van der Waals surface area contributed by atoms with Crippen molar-refractivity contribution in [2.75, 3.05) is 12.4 Å². The van der Waals surface area contributed by atoms with Gasteiger partial charge in [-0.15, -0.1) is 0 Å². The molecule has 1 aromatic rings. The maximum atomic E-state index is 12.0. The second kappa shape index (κ2) is 5.08. The number of amides is 2. The van der Waals surface area contributed by atoms with Crippen LogP contribution in [0.25, 0.3) is 0 Å². The molecule has 1 fully saturated rings. The van der Waals surface area contributed by atoms with Gasteiger partial charge in [-0.25, -0.2) is 0 Å². The van der Waals surface area contributed by atoms with Gasteiger partial charge in [0.15, 0.2) is 5.78 Å². The number of rotatable bonds is 3. The maximum Gasteiger partial charge on any atom is 0.251 e. The van der Waals surface area contributed by atoms with Gasteiger partial charge in [-0.3, -0.25) is 19.3 Å². The van der Waals surface area contributed by atoms with Gasteiger partial charge in [0.25, 0.3) is 5.91 Å². The van der Waals surface area contributed by atoms with Crippen LogP contribution in [0.4, 0.5) is 5.00 Å². The molecule has 1 aromatic heterocycles. The number of hydrogen-bond acceptors (Lipinski definition) is 6. The molecule has 0 aromatic carbocycles. The molecular weight excluding hydrogens is 266 g/mol. The summed E-state index contributed by atoms with van der Waals surface area (Å²) in [5.41, 5.74) is 1.19. The fraction of sp³-hybridized carbons (Fsp3) is 0.500. The predicted molar refractivity (Wildman–Crippen MR) is 71.3 cm³/mol. The molecule has 6 nitrogen and oxygen atoms in total. The van der Waals surface area contributed by atoms with Gasteiger partial charge in [-0.1, -0.05) is 0 Å². The first-order valence-electron chi connectivity index (χ1n) is 5.96. The number of hydrogen-bond donors (Lipinski definition) is 1. The molecule has 2 heterocycles. The summed E-state index contributed by atoms with van der Waals surface area (Å²) in [6.07, 6.45) is 0.767. The van der Waals surface area contributed by atoms with Crippen LogP contribution in [0, 0.1) is 6.92 Å². The zero-order valence-corrected chi connectivity index (χ0v) is 11.8. The topological polar surface area (TPSA) is 79.4 Å². The number of Topliss-reactive ketones (excluding diaryl/α,β-unsaturated/α-hetero) is 1. The molecule has 1 aliphatic heterocycles. The highest BCUT2D eigenvalue weighted by Gasteiger charge is 2.32. The van der Waals surface area contributed by atoms with Crippen molar-refractivity contribution < 1.29 is 14.4 Å². The third-order valence-electron chi connectivity index (χ3n) is 3.17. The standard InChI is InChI=1S/C12H15N3O3S/c1-6-10(7(2)16)11(19-14-6)13-8-4-5-9(17)15(3)12(8)18/h8,13H,4-5H2,1-3H3. The smallest absolute Gasteiger partial charge is 0.251 e. The molecule has 0 bridgehead atoms. The Labute approximate surface area is 115 Å². The molecule has 7 heteroatoms. The van der Waals surface area contributed by atoms with Crippen LogP contribution in [0.5, 0.6) is 0 Å². The van der Waals surface area contributed by atoms with Crippen molar-refractivity contribution in [2.24, 2.45) is 0 Å². The van der Waals surface area contributed by atoms with E-state index in [9.17, 15) is 14.4 Å². The highest BCUT2D eigenvalue weighted by molar-refractivity contribution is 7.10. The van der Waals surface area contributed by atoms with Crippen molar-refractivity contribution in [2.45, 2.75) is 32.7 Å². The van der Waals surface area contributed by atoms with Crippen LogP contribution in [0.15, 0.2) is 0 Å². The van der Waals surface area contributed by atoms with Gasteiger partial charge in [0.05, 0.1) is 11.3 Å². The van der Waals surface area contributed by atoms with Crippen molar-refractivity contribution in [3.63, 3.8) is 0 Å². The predicted octanol–water partition coefficient (Wildman–Crippen LogP) is 1.21. The van der Waals surface area contributed by atoms with Crippen molar-refractivity contribution in [3.05, 3.63) is 11.3 Å². The fourth-order valence-corrected chi connectivity index (χ4v) is 2.99. The Balaban J connectivity index is 2.20. The lowest BCUT2D eigenvalue weighted by atomic mass is 10.0. The summed E-state index contributed by atoms with van der Waals surface area (Å²) in [7, 11) is 1.47. The molecular formula is C12H15N3O3S. The zero-order valence-electron chi connectivity index (χ0n) is 11.0. The monoisotopic (exact) mass is 281 g/mol.